The molecule has 0 heterocycles. The molecule has 1 unspecified atom stereocenters. The molecule has 202 valence electrons. The van der Waals surface area contributed by atoms with Gasteiger partial charge in [-0.2, -0.15) is 0 Å². The van der Waals surface area contributed by atoms with Crippen LogP contribution < -0.4 is 0 Å². The van der Waals surface area contributed by atoms with Crippen molar-refractivity contribution in [2.24, 2.45) is 23.2 Å². The first-order chi connectivity index (χ1) is 17.8. The lowest BCUT2D eigenvalue weighted by Gasteiger charge is -2.53. The molecule has 3 aliphatic carbocycles. The van der Waals surface area contributed by atoms with Crippen molar-refractivity contribution in [3.05, 3.63) is 65.2 Å². The lowest BCUT2D eigenvalue weighted by Crippen LogP contribution is -2.47. The van der Waals surface area contributed by atoms with Crippen LogP contribution in [0.15, 0.2) is 48.5 Å². The van der Waals surface area contributed by atoms with Crippen molar-refractivity contribution < 1.29 is 14.6 Å². The van der Waals surface area contributed by atoms with Gasteiger partial charge in [0.2, 0.25) is 0 Å². The van der Waals surface area contributed by atoms with E-state index >= 15 is 4.39 Å². The number of nitrogens with zero attached hydrogens (tertiary/aromatic N) is 1. The normalized spacial score (nSPS) is 31.5. The summed E-state index contributed by atoms with van der Waals surface area (Å²) in [6, 6.07) is 16.5. The molecule has 3 aliphatic rings. The topological polar surface area (TPSA) is 43.7 Å². The number of aromatic hydroxyl groups is 1. The van der Waals surface area contributed by atoms with Crippen LogP contribution in [0.25, 0.3) is 0 Å². The van der Waals surface area contributed by atoms with Crippen LogP contribution in [0.5, 0.6) is 5.75 Å². The number of aliphatic hydroxyl groups excluding tert-OH is 1. The molecule has 37 heavy (non-hydrogen) atoms. The number of fused-ring (bicyclic) bond motifs is 5. The molecule has 0 aliphatic heterocycles. The van der Waals surface area contributed by atoms with E-state index in [4.69, 9.17) is 0 Å². The number of alkyl halides is 1. The lowest BCUT2D eigenvalue weighted by atomic mass is 9.52. The van der Waals surface area contributed by atoms with E-state index in [0.717, 1.165) is 64.5 Å². The van der Waals surface area contributed by atoms with Gasteiger partial charge in [-0.25, -0.2) is 4.39 Å². The first kappa shape index (κ1) is 26.7. The number of halogens is 1. The second-order valence-corrected chi connectivity index (χ2v) is 12.6. The third-order valence-corrected chi connectivity index (χ3v) is 10.3. The van der Waals surface area contributed by atoms with Gasteiger partial charge in [-0.15, -0.1) is 0 Å². The number of phenols is 1. The van der Waals surface area contributed by atoms with Crippen LogP contribution in [0.3, 0.4) is 0 Å². The Labute approximate surface area is 223 Å². The monoisotopic (exact) mass is 507 g/mol. The summed E-state index contributed by atoms with van der Waals surface area (Å²) in [5.41, 5.74) is 3.95. The fraction of sp³-hybridized carbons (Fsp3) is 0.636. The van der Waals surface area contributed by atoms with Crippen LogP contribution in [-0.4, -0.2) is 47.5 Å². The van der Waals surface area contributed by atoms with E-state index in [-0.39, 0.29) is 17.4 Å². The zero-order valence-electron chi connectivity index (χ0n) is 22.8. The molecule has 0 radical (unpaired) electrons. The summed E-state index contributed by atoms with van der Waals surface area (Å²) in [6.45, 7) is 4.27. The lowest BCUT2D eigenvalue weighted by molar-refractivity contribution is -0.0424. The van der Waals surface area contributed by atoms with Gasteiger partial charge < -0.3 is 15.1 Å². The van der Waals surface area contributed by atoms with Crippen LogP contribution in [0, 0.1) is 23.2 Å². The van der Waals surface area contributed by atoms with Gasteiger partial charge in [0.1, 0.15) is 11.9 Å². The third kappa shape index (κ3) is 5.76. The first-order valence-electron chi connectivity index (χ1n) is 14.7. The molecule has 0 bridgehead atoms. The standard InChI is InChI=1S/C33H46FNO2/c1-33-17-16-29-28-13-12-27(36)22-24(28)20-25(32(29)30(33)14-15-31(33)37)21-26(34)11-7-19-35(2)18-6-10-23-8-4-3-5-9-23/h3-5,8-9,12-13,22,25-26,29-32,36-37H,6-7,10-11,14-21H2,1-2H3/t25-,26?,29+,30-,31-,32+,33-/m0/s1. The van der Waals surface area contributed by atoms with Crippen molar-refractivity contribution in [1.82, 2.24) is 4.90 Å². The molecule has 2 fully saturated rings. The van der Waals surface area contributed by atoms with E-state index < -0.39 is 6.17 Å². The second-order valence-electron chi connectivity index (χ2n) is 12.6. The predicted molar refractivity (Wildman–Crippen MR) is 149 cm³/mol. The molecule has 0 saturated heterocycles. The van der Waals surface area contributed by atoms with Gasteiger partial charge in [-0.05, 0) is 142 Å². The van der Waals surface area contributed by atoms with Crippen molar-refractivity contribution in [3.63, 3.8) is 0 Å². The van der Waals surface area contributed by atoms with Gasteiger partial charge in [0.15, 0.2) is 0 Å². The quantitative estimate of drug-likeness (QED) is 0.367. The predicted octanol–water partition coefficient (Wildman–Crippen LogP) is 6.91. The molecule has 7 atom stereocenters. The Morgan fingerprint density at radius 1 is 1.05 bits per heavy atom. The maximum Gasteiger partial charge on any atom is 0.115 e. The van der Waals surface area contributed by atoms with E-state index in [0.29, 0.717) is 36.3 Å². The van der Waals surface area contributed by atoms with Gasteiger partial charge in [0.25, 0.3) is 0 Å². The SMILES string of the molecule is CN(CCCc1ccccc1)CCCC(F)C[C@@H]1Cc2cc(O)ccc2[C@H]2CC[C@]3(C)[C@@H](O)CC[C@H]3[C@H]12. The van der Waals surface area contributed by atoms with Gasteiger partial charge in [-0.3, -0.25) is 0 Å². The van der Waals surface area contributed by atoms with Crippen molar-refractivity contribution in [2.75, 3.05) is 20.1 Å². The number of hydrogen-bond acceptors (Lipinski definition) is 3. The van der Waals surface area contributed by atoms with Crippen LogP contribution >= 0.6 is 0 Å². The second kappa shape index (κ2) is 11.5. The van der Waals surface area contributed by atoms with Crippen molar-refractivity contribution in [3.8, 4) is 5.75 Å². The molecular formula is C33H46FNO2. The number of aryl methyl sites for hydroxylation is 1. The summed E-state index contributed by atoms with van der Waals surface area (Å²) in [4.78, 5) is 2.35. The fourth-order valence-electron chi connectivity index (χ4n) is 8.32. The zero-order valence-corrected chi connectivity index (χ0v) is 22.8. The van der Waals surface area contributed by atoms with Crippen LogP contribution in [0.4, 0.5) is 4.39 Å². The Kier molecular flexibility index (Phi) is 8.26. The molecule has 2 saturated carbocycles. The average Bonchev–Trinajstić information content (AvgIpc) is 3.18. The van der Waals surface area contributed by atoms with E-state index in [2.05, 4.69) is 55.3 Å². The van der Waals surface area contributed by atoms with Crippen LogP contribution in [0.2, 0.25) is 0 Å². The molecule has 5 rings (SSSR count). The molecule has 2 N–H and O–H groups in total. The Morgan fingerprint density at radius 3 is 2.65 bits per heavy atom. The van der Waals surface area contributed by atoms with Gasteiger partial charge in [0, 0.05) is 0 Å². The summed E-state index contributed by atoms with van der Waals surface area (Å²) >= 11 is 0. The number of benzene rings is 2. The maximum atomic E-state index is 15.5. The number of aliphatic hydroxyl groups is 1. The summed E-state index contributed by atoms with van der Waals surface area (Å²) < 4.78 is 15.5. The van der Waals surface area contributed by atoms with Crippen molar-refractivity contribution in [1.29, 1.82) is 0 Å². The molecular weight excluding hydrogens is 461 g/mol. The third-order valence-electron chi connectivity index (χ3n) is 10.3. The zero-order chi connectivity index (χ0) is 26.0. The molecule has 0 amide bonds. The van der Waals surface area contributed by atoms with E-state index in [9.17, 15) is 10.2 Å². The van der Waals surface area contributed by atoms with Crippen molar-refractivity contribution >= 4 is 0 Å². The highest BCUT2D eigenvalue weighted by Crippen LogP contribution is 2.62. The fourth-order valence-corrected chi connectivity index (χ4v) is 8.32. The minimum atomic E-state index is -0.790. The molecule has 0 spiro atoms. The van der Waals surface area contributed by atoms with Crippen LogP contribution in [-0.2, 0) is 12.8 Å². The number of rotatable bonds is 10. The average molecular weight is 508 g/mol. The number of phenolic OH excluding ortho intramolecular Hbond substituents is 1. The largest absolute Gasteiger partial charge is 0.508 e. The van der Waals surface area contributed by atoms with E-state index in [1.54, 1.807) is 0 Å². The first-order valence-corrected chi connectivity index (χ1v) is 14.7. The smallest absolute Gasteiger partial charge is 0.115 e. The molecule has 3 nitrogen and oxygen atoms in total. The summed E-state index contributed by atoms with van der Waals surface area (Å²) in [7, 11) is 2.15. The minimum Gasteiger partial charge on any atom is -0.508 e. The summed E-state index contributed by atoms with van der Waals surface area (Å²) in [6.07, 6.45) is 8.23. The highest BCUT2D eigenvalue weighted by molar-refractivity contribution is 5.40. The summed E-state index contributed by atoms with van der Waals surface area (Å²) in [5, 5.41) is 21.0. The minimum absolute atomic E-state index is 0.0257. The summed E-state index contributed by atoms with van der Waals surface area (Å²) in [5.74, 6) is 1.94. The highest BCUT2D eigenvalue weighted by atomic mass is 19.1. The Bertz CT molecular complexity index is 1030. The Hall–Kier alpha value is -1.91. The maximum absolute atomic E-state index is 15.5. The van der Waals surface area contributed by atoms with Crippen LogP contribution in [0.1, 0.15) is 80.9 Å². The van der Waals surface area contributed by atoms with Crippen molar-refractivity contribution in [2.45, 2.75) is 89.3 Å². The van der Waals surface area contributed by atoms with Gasteiger partial charge in [0.05, 0.1) is 6.10 Å². The highest BCUT2D eigenvalue weighted by Gasteiger charge is 2.56. The molecule has 4 heteroatoms. The molecule has 2 aromatic carbocycles. The van der Waals surface area contributed by atoms with E-state index in [1.165, 1.54) is 16.7 Å². The number of hydrogen-bond donors (Lipinski definition) is 2. The molecule has 0 aromatic heterocycles. The molecule has 2 aromatic rings. The van der Waals surface area contributed by atoms with E-state index in [1.807, 2.05) is 12.1 Å². The Balaban J connectivity index is 1.17. The Morgan fingerprint density at radius 2 is 1.84 bits per heavy atom. The van der Waals surface area contributed by atoms with Gasteiger partial charge in [-0.1, -0.05) is 43.3 Å². The van der Waals surface area contributed by atoms with Gasteiger partial charge >= 0.3 is 0 Å².